The monoisotopic (exact) mass is 347 g/mol. The molecule has 1 saturated heterocycles. The molecule has 1 N–H and O–H groups in total. The van der Waals surface area contributed by atoms with Crippen molar-refractivity contribution in [1.82, 2.24) is 9.78 Å². The third-order valence-corrected chi connectivity index (χ3v) is 5.66. The zero-order valence-electron chi connectivity index (χ0n) is 14.5. The quantitative estimate of drug-likeness (QED) is 0.823. The molecule has 0 radical (unpaired) electrons. The number of anilines is 1. The van der Waals surface area contributed by atoms with E-state index in [1.54, 1.807) is 0 Å². The van der Waals surface area contributed by atoms with Gasteiger partial charge in [-0.25, -0.2) is 4.68 Å². The standard InChI is InChI=1S/C18H25N3O2S/c1-4-13(5-2)21-17(11-12(3)20-21)19-18(22)16-9-8-15(24-16)14-7-6-10-23-14/h8-9,11,13-14H,4-7,10H2,1-3H3,(H,19,22)/t14-/m1/s1. The molecule has 2 aromatic rings. The molecule has 0 aromatic carbocycles. The van der Waals surface area contributed by atoms with Crippen LogP contribution in [0.1, 0.15) is 71.9 Å². The third kappa shape index (κ3) is 3.54. The van der Waals surface area contributed by atoms with E-state index in [1.807, 2.05) is 29.8 Å². The van der Waals surface area contributed by atoms with Crippen LogP contribution in [0.25, 0.3) is 0 Å². The zero-order chi connectivity index (χ0) is 17.1. The maximum Gasteiger partial charge on any atom is 0.266 e. The van der Waals surface area contributed by atoms with Crippen LogP contribution >= 0.6 is 11.3 Å². The van der Waals surface area contributed by atoms with Gasteiger partial charge in [0.1, 0.15) is 5.82 Å². The Balaban J connectivity index is 1.75. The van der Waals surface area contributed by atoms with Gasteiger partial charge in [-0.15, -0.1) is 11.3 Å². The highest BCUT2D eigenvalue weighted by atomic mass is 32.1. The number of nitrogens with zero attached hydrogens (tertiary/aromatic N) is 2. The molecule has 0 aliphatic carbocycles. The average Bonchev–Trinajstić information content (AvgIpc) is 3.29. The van der Waals surface area contributed by atoms with E-state index in [-0.39, 0.29) is 12.0 Å². The van der Waals surface area contributed by atoms with Crippen molar-refractivity contribution in [2.75, 3.05) is 11.9 Å². The van der Waals surface area contributed by atoms with Crippen LogP contribution in [0.15, 0.2) is 18.2 Å². The van der Waals surface area contributed by atoms with Gasteiger partial charge in [0.15, 0.2) is 0 Å². The van der Waals surface area contributed by atoms with Gasteiger partial charge < -0.3 is 10.1 Å². The first-order valence-electron chi connectivity index (χ1n) is 8.71. The number of hydrogen-bond donors (Lipinski definition) is 1. The van der Waals surface area contributed by atoms with E-state index in [0.717, 1.165) is 53.6 Å². The fourth-order valence-electron chi connectivity index (χ4n) is 3.15. The number of carbonyl (C=O) groups excluding carboxylic acids is 1. The number of rotatable bonds is 6. The lowest BCUT2D eigenvalue weighted by Crippen LogP contribution is -2.17. The lowest BCUT2D eigenvalue weighted by Gasteiger charge is -2.16. The Morgan fingerprint density at radius 2 is 2.25 bits per heavy atom. The third-order valence-electron chi connectivity index (χ3n) is 4.49. The van der Waals surface area contributed by atoms with Crippen LogP contribution in [0.2, 0.25) is 0 Å². The van der Waals surface area contributed by atoms with Crippen LogP contribution in [0.5, 0.6) is 0 Å². The highest BCUT2D eigenvalue weighted by molar-refractivity contribution is 7.14. The molecule has 5 nitrogen and oxygen atoms in total. The lowest BCUT2D eigenvalue weighted by molar-refractivity contribution is 0.102. The Morgan fingerprint density at radius 1 is 1.46 bits per heavy atom. The van der Waals surface area contributed by atoms with Gasteiger partial charge >= 0.3 is 0 Å². The zero-order valence-corrected chi connectivity index (χ0v) is 15.4. The van der Waals surface area contributed by atoms with Gasteiger partial charge in [-0.1, -0.05) is 13.8 Å². The first-order chi connectivity index (χ1) is 11.6. The molecule has 0 spiro atoms. The molecule has 1 aliphatic heterocycles. The Kier molecular flexibility index (Phi) is 5.36. The van der Waals surface area contributed by atoms with Gasteiger partial charge in [0.05, 0.1) is 22.7 Å². The highest BCUT2D eigenvalue weighted by Crippen LogP contribution is 2.33. The topological polar surface area (TPSA) is 56.2 Å². The van der Waals surface area contributed by atoms with Crippen LogP contribution < -0.4 is 5.32 Å². The van der Waals surface area contributed by atoms with Gasteiger partial charge in [-0.2, -0.15) is 5.10 Å². The molecule has 1 atom stereocenters. The van der Waals surface area contributed by atoms with Crippen molar-refractivity contribution in [3.63, 3.8) is 0 Å². The summed E-state index contributed by atoms with van der Waals surface area (Å²) in [6.07, 6.45) is 4.28. The number of thiophene rings is 1. The van der Waals surface area contributed by atoms with Crippen molar-refractivity contribution in [3.05, 3.63) is 33.6 Å². The number of aryl methyl sites for hydroxylation is 1. The Morgan fingerprint density at radius 3 is 2.92 bits per heavy atom. The van der Waals surface area contributed by atoms with Crippen LogP contribution in [-0.2, 0) is 4.74 Å². The van der Waals surface area contributed by atoms with E-state index in [2.05, 4.69) is 24.3 Å². The van der Waals surface area contributed by atoms with E-state index in [1.165, 1.54) is 11.3 Å². The summed E-state index contributed by atoms with van der Waals surface area (Å²) in [7, 11) is 0. The maximum absolute atomic E-state index is 12.6. The predicted octanol–water partition coefficient (Wildman–Crippen LogP) is 4.72. The molecule has 3 rings (SSSR count). The molecule has 24 heavy (non-hydrogen) atoms. The van der Waals surface area contributed by atoms with Crippen molar-refractivity contribution >= 4 is 23.1 Å². The van der Waals surface area contributed by atoms with E-state index in [9.17, 15) is 4.79 Å². The maximum atomic E-state index is 12.6. The van der Waals surface area contributed by atoms with Crippen LogP contribution in [0.4, 0.5) is 5.82 Å². The summed E-state index contributed by atoms with van der Waals surface area (Å²) in [6.45, 7) is 7.06. The van der Waals surface area contributed by atoms with E-state index >= 15 is 0 Å². The molecule has 1 fully saturated rings. The van der Waals surface area contributed by atoms with Crippen molar-refractivity contribution in [1.29, 1.82) is 0 Å². The molecule has 1 amide bonds. The number of aromatic nitrogens is 2. The molecule has 0 saturated carbocycles. The minimum Gasteiger partial charge on any atom is -0.373 e. The highest BCUT2D eigenvalue weighted by Gasteiger charge is 2.22. The molecular formula is C18H25N3O2S. The van der Waals surface area contributed by atoms with Crippen LogP contribution in [-0.4, -0.2) is 22.3 Å². The van der Waals surface area contributed by atoms with E-state index in [4.69, 9.17) is 4.74 Å². The first-order valence-corrected chi connectivity index (χ1v) is 9.52. The second kappa shape index (κ2) is 7.49. The number of nitrogens with one attached hydrogen (secondary N) is 1. The molecule has 130 valence electrons. The Labute approximate surface area is 147 Å². The number of ether oxygens (including phenoxy) is 1. The number of carbonyl (C=O) groups is 1. The van der Waals surface area contributed by atoms with Crippen molar-refractivity contribution in [2.24, 2.45) is 0 Å². The van der Waals surface area contributed by atoms with Crippen molar-refractivity contribution < 1.29 is 9.53 Å². The fourth-order valence-corrected chi connectivity index (χ4v) is 4.14. The van der Waals surface area contributed by atoms with E-state index < -0.39 is 0 Å². The summed E-state index contributed by atoms with van der Waals surface area (Å²) in [4.78, 5) is 14.5. The van der Waals surface area contributed by atoms with Gasteiger partial charge in [0.2, 0.25) is 0 Å². The normalized spacial score (nSPS) is 17.6. The average molecular weight is 347 g/mol. The lowest BCUT2D eigenvalue weighted by atomic mass is 10.2. The SMILES string of the molecule is CCC(CC)n1nc(C)cc1NC(=O)c1ccc([C@H]2CCCO2)s1. The van der Waals surface area contributed by atoms with Crippen molar-refractivity contribution in [3.8, 4) is 0 Å². The molecule has 6 heteroatoms. The molecular weight excluding hydrogens is 322 g/mol. The van der Waals surface area contributed by atoms with E-state index in [0.29, 0.717) is 6.04 Å². The van der Waals surface area contributed by atoms with Gasteiger partial charge in [0.25, 0.3) is 5.91 Å². The second-order valence-electron chi connectivity index (χ2n) is 6.24. The minimum atomic E-state index is -0.0728. The van der Waals surface area contributed by atoms with Gasteiger partial charge in [0, 0.05) is 17.6 Å². The summed E-state index contributed by atoms with van der Waals surface area (Å²) in [5, 5.41) is 7.58. The van der Waals surface area contributed by atoms with Crippen LogP contribution in [0, 0.1) is 6.92 Å². The molecule has 3 heterocycles. The van der Waals surface area contributed by atoms with Gasteiger partial charge in [-0.3, -0.25) is 4.79 Å². The molecule has 0 bridgehead atoms. The molecule has 0 unspecified atom stereocenters. The first kappa shape index (κ1) is 17.2. The summed E-state index contributed by atoms with van der Waals surface area (Å²) >= 11 is 1.52. The predicted molar refractivity (Wildman–Crippen MR) is 96.8 cm³/mol. The fraction of sp³-hybridized carbons (Fsp3) is 0.556. The molecule has 1 aliphatic rings. The summed E-state index contributed by atoms with van der Waals surface area (Å²) in [5.41, 5.74) is 0.920. The van der Waals surface area contributed by atoms with Crippen molar-refractivity contribution in [2.45, 2.75) is 58.6 Å². The molecule has 2 aromatic heterocycles. The number of hydrogen-bond acceptors (Lipinski definition) is 4. The van der Waals surface area contributed by atoms with Gasteiger partial charge in [-0.05, 0) is 44.7 Å². The Hall–Kier alpha value is -1.66. The largest absolute Gasteiger partial charge is 0.373 e. The second-order valence-corrected chi connectivity index (χ2v) is 7.36. The number of amides is 1. The van der Waals surface area contributed by atoms with Crippen LogP contribution in [0.3, 0.4) is 0 Å². The Bertz CT molecular complexity index is 697. The summed E-state index contributed by atoms with van der Waals surface area (Å²) in [6, 6.07) is 6.14. The summed E-state index contributed by atoms with van der Waals surface area (Å²) in [5.74, 6) is 0.703. The minimum absolute atomic E-state index is 0.0728. The summed E-state index contributed by atoms with van der Waals surface area (Å²) < 4.78 is 7.64. The smallest absolute Gasteiger partial charge is 0.266 e.